The van der Waals surface area contributed by atoms with Gasteiger partial charge in [0.15, 0.2) is 0 Å². The highest BCUT2D eigenvalue weighted by molar-refractivity contribution is 9.10. The van der Waals surface area contributed by atoms with E-state index in [-0.39, 0.29) is 15.6 Å². The van der Waals surface area contributed by atoms with Gasteiger partial charge in [0.25, 0.3) is 0 Å². The summed E-state index contributed by atoms with van der Waals surface area (Å²) >= 11 is 2.99. The van der Waals surface area contributed by atoms with E-state index in [0.717, 1.165) is 0 Å². The predicted molar refractivity (Wildman–Crippen MR) is 83.9 cm³/mol. The zero-order chi connectivity index (χ0) is 19.2. The second-order valence-corrected chi connectivity index (χ2v) is 6.49. The van der Waals surface area contributed by atoms with Crippen LogP contribution in [0.25, 0.3) is 11.1 Å². The van der Waals surface area contributed by atoms with E-state index in [1.807, 2.05) is 0 Å². The zero-order valence-corrected chi connectivity index (χ0v) is 14.6. The Hall–Kier alpha value is -1.57. The largest absolute Gasteiger partial charge is 0.435 e. The van der Waals surface area contributed by atoms with Gasteiger partial charge in [-0.2, -0.15) is 26.3 Å². The summed E-state index contributed by atoms with van der Waals surface area (Å²) in [6.07, 6.45) is -12.3. The van der Waals surface area contributed by atoms with Crippen LogP contribution in [0.3, 0.4) is 0 Å². The molecule has 0 aliphatic carbocycles. The Bertz CT molecular complexity index is 777. The zero-order valence-electron chi connectivity index (χ0n) is 13.0. The first kappa shape index (κ1) is 19.8. The lowest BCUT2D eigenvalue weighted by molar-refractivity contribution is -0.348. The Balaban J connectivity index is 2.97. The standard InChI is InChI=1S/C17H12BrF7/c1-9-7-12(15(19,16(20,21)22)17(23,24)25)14(13(18)8-9)11-6-4-3-5-10(11)2/h3-8H,1-2H3. The molecule has 2 aromatic rings. The number of halogens is 8. The minimum absolute atomic E-state index is 0.0488. The molecular formula is C17H12BrF7. The molecule has 0 atom stereocenters. The Labute approximate surface area is 147 Å². The van der Waals surface area contributed by atoms with Crippen LogP contribution in [0.5, 0.6) is 0 Å². The number of alkyl halides is 7. The van der Waals surface area contributed by atoms with Gasteiger partial charge < -0.3 is 0 Å². The van der Waals surface area contributed by atoms with Crippen LogP contribution in [0.1, 0.15) is 16.7 Å². The third-order valence-electron chi connectivity index (χ3n) is 3.80. The molecule has 0 spiro atoms. The number of benzene rings is 2. The molecule has 136 valence electrons. The van der Waals surface area contributed by atoms with Crippen LogP contribution in [-0.2, 0) is 5.67 Å². The van der Waals surface area contributed by atoms with Crippen molar-refractivity contribution in [1.82, 2.24) is 0 Å². The normalized spacial score (nSPS) is 13.2. The first-order valence-corrected chi connectivity index (χ1v) is 7.79. The van der Waals surface area contributed by atoms with Crippen LogP contribution in [0.4, 0.5) is 30.7 Å². The molecule has 0 fully saturated rings. The maximum Gasteiger partial charge on any atom is 0.435 e. The molecule has 25 heavy (non-hydrogen) atoms. The van der Waals surface area contributed by atoms with Crippen molar-refractivity contribution >= 4 is 15.9 Å². The molecule has 0 heterocycles. The van der Waals surface area contributed by atoms with Gasteiger partial charge in [-0.1, -0.05) is 46.3 Å². The van der Waals surface area contributed by atoms with E-state index in [2.05, 4.69) is 15.9 Å². The van der Waals surface area contributed by atoms with Gasteiger partial charge in [0, 0.05) is 15.6 Å². The van der Waals surface area contributed by atoms with Crippen LogP contribution in [0.2, 0.25) is 0 Å². The van der Waals surface area contributed by atoms with Crippen molar-refractivity contribution in [1.29, 1.82) is 0 Å². The summed E-state index contributed by atoms with van der Waals surface area (Å²) in [6.45, 7) is 2.82. The van der Waals surface area contributed by atoms with Gasteiger partial charge >= 0.3 is 18.0 Å². The van der Waals surface area contributed by atoms with E-state index in [1.54, 1.807) is 6.07 Å². The molecule has 0 radical (unpaired) electrons. The summed E-state index contributed by atoms with van der Waals surface area (Å²) in [5.74, 6) is 0. The molecule has 2 aromatic carbocycles. The van der Waals surface area contributed by atoms with Gasteiger partial charge in [0.05, 0.1) is 0 Å². The van der Waals surface area contributed by atoms with Crippen molar-refractivity contribution in [2.75, 3.05) is 0 Å². The Morgan fingerprint density at radius 2 is 1.32 bits per heavy atom. The molecule has 0 bridgehead atoms. The Morgan fingerprint density at radius 3 is 1.80 bits per heavy atom. The van der Waals surface area contributed by atoms with E-state index in [1.165, 1.54) is 38.1 Å². The Kier molecular flexibility index (Phi) is 4.98. The summed E-state index contributed by atoms with van der Waals surface area (Å²) in [5.41, 5.74) is -6.88. The second-order valence-electron chi connectivity index (χ2n) is 5.64. The van der Waals surface area contributed by atoms with E-state index < -0.39 is 29.1 Å². The molecule has 0 N–H and O–H groups in total. The van der Waals surface area contributed by atoms with Gasteiger partial charge in [0.1, 0.15) is 0 Å². The molecule has 0 saturated heterocycles. The van der Waals surface area contributed by atoms with Gasteiger partial charge in [-0.05, 0) is 36.6 Å². The average Bonchev–Trinajstić information content (AvgIpc) is 2.44. The molecular weight excluding hydrogens is 417 g/mol. The lowest BCUT2D eigenvalue weighted by Crippen LogP contribution is -2.50. The minimum Gasteiger partial charge on any atom is -0.218 e. The van der Waals surface area contributed by atoms with Crippen LogP contribution in [-0.4, -0.2) is 12.4 Å². The second kappa shape index (κ2) is 6.30. The van der Waals surface area contributed by atoms with Crippen LogP contribution in [0, 0.1) is 13.8 Å². The molecule has 2 rings (SSSR count). The SMILES string of the molecule is Cc1cc(Br)c(-c2ccccc2C)c(C(F)(C(F)(F)F)C(F)(F)F)c1. The summed E-state index contributed by atoms with van der Waals surface area (Å²) in [6, 6.07) is 7.84. The number of hydrogen-bond donors (Lipinski definition) is 0. The monoisotopic (exact) mass is 428 g/mol. The van der Waals surface area contributed by atoms with Gasteiger partial charge in [-0.3, -0.25) is 0 Å². The third kappa shape index (κ3) is 3.28. The number of aryl methyl sites for hydroxylation is 2. The lowest BCUT2D eigenvalue weighted by Gasteiger charge is -2.32. The highest BCUT2D eigenvalue weighted by Gasteiger charge is 2.74. The summed E-state index contributed by atoms with van der Waals surface area (Å²) in [5, 5.41) is 0. The maximum atomic E-state index is 14.7. The molecule has 0 amide bonds. The van der Waals surface area contributed by atoms with Crippen molar-refractivity contribution in [3.63, 3.8) is 0 Å². The topological polar surface area (TPSA) is 0 Å². The van der Waals surface area contributed by atoms with Gasteiger partial charge in [-0.15, -0.1) is 0 Å². The molecule has 0 aliphatic rings. The van der Waals surface area contributed by atoms with Crippen LogP contribution >= 0.6 is 15.9 Å². The summed E-state index contributed by atoms with van der Waals surface area (Å²) < 4.78 is 94.1. The van der Waals surface area contributed by atoms with Crippen LogP contribution < -0.4 is 0 Å². The molecule has 8 heteroatoms. The van der Waals surface area contributed by atoms with Crippen molar-refractivity contribution in [3.05, 3.63) is 57.6 Å². The fourth-order valence-electron chi connectivity index (χ4n) is 2.61. The first-order chi connectivity index (χ1) is 11.3. The van der Waals surface area contributed by atoms with E-state index in [4.69, 9.17) is 0 Å². The maximum absolute atomic E-state index is 14.7. The van der Waals surface area contributed by atoms with E-state index in [0.29, 0.717) is 11.6 Å². The van der Waals surface area contributed by atoms with Crippen LogP contribution in [0.15, 0.2) is 40.9 Å². The number of rotatable bonds is 2. The summed E-state index contributed by atoms with van der Waals surface area (Å²) in [4.78, 5) is 0. The minimum atomic E-state index is -6.17. The van der Waals surface area contributed by atoms with Crippen molar-refractivity contribution in [2.45, 2.75) is 31.9 Å². The van der Waals surface area contributed by atoms with Crippen molar-refractivity contribution in [3.8, 4) is 11.1 Å². The van der Waals surface area contributed by atoms with E-state index >= 15 is 0 Å². The van der Waals surface area contributed by atoms with Gasteiger partial charge in [0.2, 0.25) is 0 Å². The fraction of sp³-hybridized carbons (Fsp3) is 0.294. The van der Waals surface area contributed by atoms with Crippen molar-refractivity contribution < 1.29 is 30.7 Å². The number of hydrogen-bond acceptors (Lipinski definition) is 0. The highest BCUT2D eigenvalue weighted by atomic mass is 79.9. The first-order valence-electron chi connectivity index (χ1n) is 6.99. The fourth-order valence-corrected chi connectivity index (χ4v) is 3.40. The molecule has 0 nitrogen and oxygen atoms in total. The smallest absolute Gasteiger partial charge is 0.218 e. The van der Waals surface area contributed by atoms with E-state index in [9.17, 15) is 30.7 Å². The van der Waals surface area contributed by atoms with Crippen molar-refractivity contribution in [2.24, 2.45) is 0 Å². The molecule has 0 unspecified atom stereocenters. The highest BCUT2D eigenvalue weighted by Crippen LogP contribution is 2.56. The summed E-state index contributed by atoms with van der Waals surface area (Å²) in [7, 11) is 0. The predicted octanol–water partition coefficient (Wildman–Crippen LogP) is 7.02. The lowest BCUT2D eigenvalue weighted by atomic mass is 9.85. The average molecular weight is 429 g/mol. The molecule has 0 aliphatic heterocycles. The molecule has 0 aromatic heterocycles. The Morgan fingerprint density at radius 1 is 0.800 bits per heavy atom. The van der Waals surface area contributed by atoms with Gasteiger partial charge in [-0.25, -0.2) is 4.39 Å². The molecule has 0 saturated carbocycles. The third-order valence-corrected chi connectivity index (χ3v) is 4.43. The quantitative estimate of drug-likeness (QED) is 0.450.